The van der Waals surface area contributed by atoms with E-state index >= 15 is 0 Å². The summed E-state index contributed by atoms with van der Waals surface area (Å²) in [5, 5.41) is 5.17. The number of carbonyl (C=O) groups is 2. The summed E-state index contributed by atoms with van der Waals surface area (Å²) < 4.78 is 38.6. The quantitative estimate of drug-likeness (QED) is 0.857. The van der Waals surface area contributed by atoms with Gasteiger partial charge in [0.05, 0.1) is 11.1 Å². The zero-order chi connectivity index (χ0) is 16.2. The molecule has 0 aliphatic rings. The normalized spacial score (nSPS) is 11.0. The minimum absolute atomic E-state index is 0.203. The molecule has 9 heteroatoms. The van der Waals surface area contributed by atoms with E-state index in [1.54, 1.807) is 5.38 Å². The van der Waals surface area contributed by atoms with E-state index in [9.17, 15) is 22.4 Å². The number of amides is 2. The molecule has 1 aromatic carbocycles. The van der Waals surface area contributed by atoms with Gasteiger partial charge in [-0.3, -0.25) is 9.59 Å². The lowest BCUT2D eigenvalue weighted by molar-refractivity contribution is 0.0949. The van der Waals surface area contributed by atoms with E-state index in [0.717, 1.165) is 6.07 Å². The number of hydrogen-bond acceptors (Lipinski definition) is 5. The number of carbonyl (C=O) groups excluding carboxylic acids is 2. The second kappa shape index (κ2) is 6.67. The molecular weight excluding hydrogens is 331 g/mol. The zero-order valence-corrected chi connectivity index (χ0v) is 12.7. The number of hydrogen-bond donors (Lipinski definition) is 2. The SMILES string of the molecule is O=C(NS(=O)(=O)CNC(=O)c1ccccc1F)c1ccsc1. The number of benzene rings is 1. The molecule has 0 unspecified atom stereocenters. The van der Waals surface area contributed by atoms with E-state index in [4.69, 9.17) is 0 Å². The second-order valence-corrected chi connectivity index (χ2v) is 6.69. The van der Waals surface area contributed by atoms with Crippen molar-refractivity contribution in [2.24, 2.45) is 0 Å². The van der Waals surface area contributed by atoms with Crippen molar-refractivity contribution in [3.8, 4) is 0 Å². The average Bonchev–Trinajstić information content (AvgIpc) is 2.99. The maximum absolute atomic E-state index is 13.4. The van der Waals surface area contributed by atoms with Crippen LogP contribution in [0.2, 0.25) is 0 Å². The molecule has 2 N–H and O–H groups in total. The highest BCUT2D eigenvalue weighted by atomic mass is 32.2. The van der Waals surface area contributed by atoms with E-state index in [2.05, 4.69) is 5.32 Å². The van der Waals surface area contributed by atoms with Crippen LogP contribution in [0.3, 0.4) is 0 Å². The Morgan fingerprint density at radius 2 is 1.86 bits per heavy atom. The molecule has 1 heterocycles. The van der Waals surface area contributed by atoms with Crippen molar-refractivity contribution < 1.29 is 22.4 Å². The Kier molecular flexibility index (Phi) is 4.88. The van der Waals surface area contributed by atoms with Crippen molar-refractivity contribution in [3.63, 3.8) is 0 Å². The Morgan fingerprint density at radius 3 is 2.50 bits per heavy atom. The fraction of sp³-hybridized carbons (Fsp3) is 0.0769. The molecular formula is C13H11FN2O4S2. The first-order valence-corrected chi connectivity index (χ1v) is 8.58. The third kappa shape index (κ3) is 4.12. The Morgan fingerprint density at radius 1 is 1.14 bits per heavy atom. The molecule has 6 nitrogen and oxygen atoms in total. The maximum Gasteiger partial charge on any atom is 0.265 e. The van der Waals surface area contributed by atoms with E-state index < -0.39 is 33.5 Å². The molecule has 0 aliphatic heterocycles. The predicted molar refractivity (Wildman–Crippen MR) is 79.4 cm³/mol. The summed E-state index contributed by atoms with van der Waals surface area (Å²) in [6, 6.07) is 6.63. The van der Waals surface area contributed by atoms with Crippen LogP contribution in [0.15, 0.2) is 41.1 Å². The van der Waals surface area contributed by atoms with Gasteiger partial charge in [-0.05, 0) is 23.6 Å². The topological polar surface area (TPSA) is 92.3 Å². The summed E-state index contributed by atoms with van der Waals surface area (Å²) in [6.07, 6.45) is 0. The zero-order valence-electron chi connectivity index (χ0n) is 11.1. The standard InChI is InChI=1S/C13H11FN2O4S2/c14-11-4-2-1-3-10(11)13(18)15-8-22(19,20)16-12(17)9-5-6-21-7-9/h1-7H,8H2,(H,15,18)(H,16,17). The van der Waals surface area contributed by atoms with Crippen LogP contribution < -0.4 is 10.0 Å². The molecule has 0 fully saturated rings. The van der Waals surface area contributed by atoms with Crippen LogP contribution in [-0.4, -0.2) is 26.1 Å². The van der Waals surface area contributed by atoms with Gasteiger partial charge in [0.2, 0.25) is 0 Å². The third-order valence-electron chi connectivity index (χ3n) is 2.57. The van der Waals surface area contributed by atoms with Crippen LogP contribution in [0.25, 0.3) is 0 Å². The molecule has 2 aromatic rings. The molecule has 0 aliphatic carbocycles. The molecule has 0 saturated carbocycles. The van der Waals surface area contributed by atoms with Crippen LogP contribution in [0, 0.1) is 5.82 Å². The lowest BCUT2D eigenvalue weighted by Crippen LogP contribution is -2.39. The summed E-state index contributed by atoms with van der Waals surface area (Å²) in [4.78, 5) is 23.3. The van der Waals surface area contributed by atoms with Crippen molar-refractivity contribution >= 4 is 33.2 Å². The molecule has 0 atom stereocenters. The number of sulfonamides is 1. The average molecular weight is 342 g/mol. The molecule has 0 radical (unpaired) electrons. The molecule has 1 aromatic heterocycles. The number of thiophene rings is 1. The van der Waals surface area contributed by atoms with Gasteiger partial charge in [0.15, 0.2) is 0 Å². The van der Waals surface area contributed by atoms with Gasteiger partial charge < -0.3 is 5.32 Å². The van der Waals surface area contributed by atoms with Gasteiger partial charge in [-0.1, -0.05) is 12.1 Å². The van der Waals surface area contributed by atoms with E-state index in [1.807, 2.05) is 4.72 Å². The summed E-state index contributed by atoms with van der Waals surface area (Å²) in [5.74, 6) is -3.27. The molecule has 22 heavy (non-hydrogen) atoms. The van der Waals surface area contributed by atoms with Gasteiger partial charge in [-0.2, -0.15) is 11.3 Å². The molecule has 0 spiro atoms. The van der Waals surface area contributed by atoms with Gasteiger partial charge in [-0.15, -0.1) is 0 Å². The second-order valence-electron chi connectivity index (χ2n) is 4.19. The van der Waals surface area contributed by atoms with Crippen LogP contribution in [0.1, 0.15) is 20.7 Å². The van der Waals surface area contributed by atoms with Crippen LogP contribution in [0.4, 0.5) is 4.39 Å². The monoisotopic (exact) mass is 342 g/mol. The summed E-state index contributed by atoms with van der Waals surface area (Å²) in [5.41, 5.74) is -0.0733. The van der Waals surface area contributed by atoms with Crippen molar-refractivity contribution in [1.29, 1.82) is 0 Å². The van der Waals surface area contributed by atoms with Gasteiger partial charge in [0, 0.05) is 5.38 Å². The fourth-order valence-electron chi connectivity index (χ4n) is 1.53. The Hall–Kier alpha value is -2.26. The molecule has 2 rings (SSSR count). The molecule has 0 saturated heterocycles. The maximum atomic E-state index is 13.4. The Labute approximate surface area is 130 Å². The molecule has 0 bridgehead atoms. The molecule has 2 amide bonds. The number of halogens is 1. The van der Waals surface area contributed by atoms with E-state index in [0.29, 0.717) is 0 Å². The Balaban J connectivity index is 1.97. The highest BCUT2D eigenvalue weighted by Gasteiger charge is 2.18. The minimum atomic E-state index is -4.07. The van der Waals surface area contributed by atoms with Gasteiger partial charge in [0.25, 0.3) is 21.8 Å². The first-order chi connectivity index (χ1) is 10.4. The first kappa shape index (κ1) is 16.1. The number of rotatable bonds is 5. The summed E-state index contributed by atoms with van der Waals surface area (Å²) in [6.45, 7) is 0. The highest BCUT2D eigenvalue weighted by molar-refractivity contribution is 7.90. The van der Waals surface area contributed by atoms with Crippen molar-refractivity contribution in [3.05, 3.63) is 58.0 Å². The lowest BCUT2D eigenvalue weighted by Gasteiger charge is -2.08. The van der Waals surface area contributed by atoms with Crippen LogP contribution >= 0.6 is 11.3 Å². The van der Waals surface area contributed by atoms with Gasteiger partial charge in [0.1, 0.15) is 11.7 Å². The lowest BCUT2D eigenvalue weighted by atomic mass is 10.2. The van der Waals surface area contributed by atoms with Crippen molar-refractivity contribution in [2.45, 2.75) is 0 Å². The largest absolute Gasteiger partial charge is 0.336 e. The fourth-order valence-corrected chi connectivity index (χ4v) is 2.96. The summed E-state index contributed by atoms with van der Waals surface area (Å²) >= 11 is 1.24. The summed E-state index contributed by atoms with van der Waals surface area (Å²) in [7, 11) is -4.07. The highest BCUT2D eigenvalue weighted by Crippen LogP contribution is 2.07. The van der Waals surface area contributed by atoms with Crippen molar-refractivity contribution in [2.75, 3.05) is 5.88 Å². The van der Waals surface area contributed by atoms with E-state index in [-0.39, 0.29) is 11.1 Å². The third-order valence-corrected chi connectivity index (χ3v) is 4.28. The number of nitrogens with one attached hydrogen (secondary N) is 2. The smallest absolute Gasteiger partial charge is 0.265 e. The van der Waals surface area contributed by atoms with Crippen LogP contribution in [0.5, 0.6) is 0 Å². The van der Waals surface area contributed by atoms with E-state index in [1.165, 1.54) is 41.0 Å². The van der Waals surface area contributed by atoms with Gasteiger partial charge >= 0.3 is 0 Å². The Bertz CT molecular complexity index is 788. The van der Waals surface area contributed by atoms with Gasteiger partial charge in [-0.25, -0.2) is 17.5 Å². The first-order valence-electron chi connectivity index (χ1n) is 5.99. The molecule has 116 valence electrons. The van der Waals surface area contributed by atoms with Crippen molar-refractivity contribution in [1.82, 2.24) is 10.0 Å². The minimum Gasteiger partial charge on any atom is -0.336 e. The van der Waals surface area contributed by atoms with Crippen LogP contribution in [-0.2, 0) is 10.0 Å². The predicted octanol–water partition coefficient (Wildman–Crippen LogP) is 1.33.